The first-order chi connectivity index (χ1) is 9.18. The van der Waals surface area contributed by atoms with Gasteiger partial charge in [-0.3, -0.25) is 0 Å². The van der Waals surface area contributed by atoms with Crippen molar-refractivity contribution in [1.82, 2.24) is 0 Å². The van der Waals surface area contributed by atoms with E-state index >= 15 is 0 Å². The normalized spacial score (nSPS) is 14.5. The fraction of sp³-hybridized carbons (Fsp3) is 0.333. The zero-order valence-corrected chi connectivity index (χ0v) is 12.7. The molecule has 1 unspecified atom stereocenters. The minimum Gasteiger partial charge on any atom is -0.403 e. The van der Waals surface area contributed by atoms with Gasteiger partial charge in [0.05, 0.1) is 0 Å². The SMILES string of the molecule is C[Si](C)(C)OC(c1cccc2ccccc12)C(F)(F)F. The van der Waals surface area contributed by atoms with Gasteiger partial charge in [-0.2, -0.15) is 13.2 Å². The van der Waals surface area contributed by atoms with E-state index in [0.717, 1.165) is 5.39 Å². The highest BCUT2D eigenvalue weighted by Crippen LogP contribution is 2.40. The van der Waals surface area contributed by atoms with Crippen LogP contribution in [0.3, 0.4) is 0 Å². The first-order valence-corrected chi connectivity index (χ1v) is 9.81. The number of rotatable bonds is 3. The van der Waals surface area contributed by atoms with Crippen LogP contribution in [0.1, 0.15) is 11.7 Å². The molecule has 0 saturated carbocycles. The number of fused-ring (bicyclic) bond motifs is 1. The molecule has 0 aliphatic carbocycles. The molecule has 0 aromatic heterocycles. The fourth-order valence-electron chi connectivity index (χ4n) is 2.14. The number of benzene rings is 2. The van der Waals surface area contributed by atoms with Crippen LogP contribution >= 0.6 is 0 Å². The Hall–Kier alpha value is -1.33. The summed E-state index contributed by atoms with van der Waals surface area (Å²) in [5, 5.41) is 1.38. The van der Waals surface area contributed by atoms with Crippen molar-refractivity contribution in [2.24, 2.45) is 0 Å². The number of hydrogen-bond donors (Lipinski definition) is 0. The van der Waals surface area contributed by atoms with Crippen LogP contribution in [-0.4, -0.2) is 14.5 Å². The summed E-state index contributed by atoms with van der Waals surface area (Å²) >= 11 is 0. The second kappa shape index (κ2) is 5.22. The Bertz CT molecular complexity index is 597. The third kappa shape index (κ3) is 3.40. The Kier molecular flexibility index (Phi) is 3.93. The molecule has 0 bridgehead atoms. The zero-order valence-electron chi connectivity index (χ0n) is 11.7. The molecule has 1 atom stereocenters. The van der Waals surface area contributed by atoms with Gasteiger partial charge in [0.25, 0.3) is 0 Å². The van der Waals surface area contributed by atoms with Crippen LogP contribution in [0.4, 0.5) is 13.2 Å². The molecule has 5 heteroatoms. The molecule has 0 spiro atoms. The maximum absolute atomic E-state index is 13.4. The number of halogens is 3. The van der Waals surface area contributed by atoms with Crippen molar-refractivity contribution in [1.29, 1.82) is 0 Å². The lowest BCUT2D eigenvalue weighted by Crippen LogP contribution is -2.35. The molecule has 20 heavy (non-hydrogen) atoms. The topological polar surface area (TPSA) is 9.23 Å². The van der Waals surface area contributed by atoms with Gasteiger partial charge in [0.2, 0.25) is 0 Å². The third-order valence-electron chi connectivity index (χ3n) is 2.87. The molecule has 0 aliphatic rings. The van der Waals surface area contributed by atoms with Crippen molar-refractivity contribution in [3.8, 4) is 0 Å². The summed E-state index contributed by atoms with van der Waals surface area (Å²) in [4.78, 5) is 0. The lowest BCUT2D eigenvalue weighted by atomic mass is 10.0. The van der Waals surface area contributed by atoms with E-state index in [2.05, 4.69) is 0 Å². The van der Waals surface area contributed by atoms with Crippen molar-refractivity contribution in [2.75, 3.05) is 0 Å². The largest absolute Gasteiger partial charge is 0.417 e. The Morgan fingerprint density at radius 1 is 0.950 bits per heavy atom. The highest BCUT2D eigenvalue weighted by molar-refractivity contribution is 6.69. The first kappa shape index (κ1) is 15.1. The Morgan fingerprint density at radius 3 is 2.15 bits per heavy atom. The van der Waals surface area contributed by atoms with E-state index in [-0.39, 0.29) is 5.56 Å². The molecule has 2 aromatic rings. The summed E-state index contributed by atoms with van der Waals surface area (Å²) in [5.41, 5.74) is 0.193. The van der Waals surface area contributed by atoms with E-state index in [0.29, 0.717) is 5.39 Å². The van der Waals surface area contributed by atoms with Gasteiger partial charge in [0.15, 0.2) is 14.4 Å². The minimum absolute atomic E-state index is 0.193. The fourth-order valence-corrected chi connectivity index (χ4v) is 3.11. The van der Waals surface area contributed by atoms with Crippen molar-refractivity contribution >= 4 is 19.1 Å². The lowest BCUT2D eigenvalue weighted by molar-refractivity contribution is -0.200. The van der Waals surface area contributed by atoms with Gasteiger partial charge in [-0.05, 0) is 36.0 Å². The van der Waals surface area contributed by atoms with Gasteiger partial charge >= 0.3 is 6.18 Å². The molecule has 0 aliphatic heterocycles. The second-order valence-electron chi connectivity index (χ2n) is 5.72. The van der Waals surface area contributed by atoms with Crippen molar-refractivity contribution < 1.29 is 17.6 Å². The molecule has 0 fully saturated rings. The number of alkyl halides is 3. The Morgan fingerprint density at radius 2 is 1.55 bits per heavy atom. The molecular weight excluding hydrogens is 281 g/mol. The van der Waals surface area contributed by atoms with Crippen molar-refractivity contribution in [3.05, 3.63) is 48.0 Å². The van der Waals surface area contributed by atoms with E-state index in [1.807, 2.05) is 6.07 Å². The summed E-state index contributed by atoms with van der Waals surface area (Å²) in [6, 6.07) is 12.0. The van der Waals surface area contributed by atoms with E-state index in [9.17, 15) is 13.2 Å². The summed E-state index contributed by atoms with van der Waals surface area (Å²) in [6.07, 6.45) is -6.27. The van der Waals surface area contributed by atoms with Crippen LogP contribution in [0, 0.1) is 0 Å². The molecular formula is C15H17F3OSi. The Balaban J connectivity index is 2.57. The average molecular weight is 298 g/mol. The van der Waals surface area contributed by atoms with Gasteiger partial charge in [0, 0.05) is 0 Å². The summed E-state index contributed by atoms with van der Waals surface area (Å²) < 4.78 is 45.5. The smallest absolute Gasteiger partial charge is 0.403 e. The maximum Gasteiger partial charge on any atom is 0.417 e. The summed E-state index contributed by atoms with van der Waals surface area (Å²) in [7, 11) is -2.32. The highest BCUT2D eigenvalue weighted by Gasteiger charge is 2.44. The minimum atomic E-state index is -4.41. The lowest BCUT2D eigenvalue weighted by Gasteiger charge is -2.29. The van der Waals surface area contributed by atoms with Crippen LogP contribution in [0.25, 0.3) is 10.8 Å². The van der Waals surface area contributed by atoms with Crippen LogP contribution in [0.15, 0.2) is 42.5 Å². The van der Waals surface area contributed by atoms with Gasteiger partial charge in [-0.25, -0.2) is 0 Å². The molecule has 0 saturated heterocycles. The molecule has 0 radical (unpaired) electrons. The molecule has 0 N–H and O–H groups in total. The van der Waals surface area contributed by atoms with Crippen LogP contribution < -0.4 is 0 Å². The van der Waals surface area contributed by atoms with Gasteiger partial charge < -0.3 is 4.43 Å². The monoisotopic (exact) mass is 298 g/mol. The highest BCUT2D eigenvalue weighted by atomic mass is 28.4. The Labute approximate surface area is 117 Å². The van der Waals surface area contributed by atoms with E-state index in [1.54, 1.807) is 50.0 Å². The molecule has 108 valence electrons. The van der Waals surface area contributed by atoms with E-state index < -0.39 is 20.6 Å². The van der Waals surface area contributed by atoms with Gasteiger partial charge in [-0.1, -0.05) is 42.5 Å². The molecule has 1 nitrogen and oxygen atoms in total. The molecule has 2 aromatic carbocycles. The predicted octanol–water partition coefficient (Wildman–Crippen LogP) is 5.29. The van der Waals surface area contributed by atoms with Crippen LogP contribution in [0.2, 0.25) is 19.6 Å². The standard InChI is InChI=1S/C15H17F3OSi/c1-20(2,3)19-14(15(16,17)18)13-10-6-8-11-7-4-5-9-12(11)13/h4-10,14H,1-3H3. The number of hydrogen-bond acceptors (Lipinski definition) is 1. The zero-order chi connectivity index (χ0) is 15.0. The summed E-state index contributed by atoms with van der Waals surface area (Å²) in [5.74, 6) is 0. The molecule has 0 amide bonds. The van der Waals surface area contributed by atoms with E-state index in [1.165, 1.54) is 6.07 Å². The quantitative estimate of drug-likeness (QED) is 0.699. The predicted molar refractivity (Wildman–Crippen MR) is 77.2 cm³/mol. The van der Waals surface area contributed by atoms with Gasteiger partial charge in [0.1, 0.15) is 0 Å². The first-order valence-electron chi connectivity index (χ1n) is 6.41. The average Bonchev–Trinajstić information content (AvgIpc) is 2.33. The molecule has 2 rings (SSSR count). The van der Waals surface area contributed by atoms with Crippen molar-refractivity contribution in [2.45, 2.75) is 31.9 Å². The molecule has 0 heterocycles. The van der Waals surface area contributed by atoms with Crippen molar-refractivity contribution in [3.63, 3.8) is 0 Å². The summed E-state index contributed by atoms with van der Waals surface area (Å²) in [6.45, 7) is 5.28. The van der Waals surface area contributed by atoms with Crippen LogP contribution in [0.5, 0.6) is 0 Å². The van der Waals surface area contributed by atoms with Gasteiger partial charge in [-0.15, -0.1) is 0 Å². The maximum atomic E-state index is 13.4. The van der Waals surface area contributed by atoms with Crippen LogP contribution in [-0.2, 0) is 4.43 Å². The second-order valence-corrected chi connectivity index (χ2v) is 10.2. The third-order valence-corrected chi connectivity index (χ3v) is 3.82. The van der Waals surface area contributed by atoms with E-state index in [4.69, 9.17) is 4.43 Å².